The third kappa shape index (κ3) is 3.55. The largest absolute Gasteiger partial charge is 0.321 e. The number of nitrogens with zero attached hydrogens (tertiary/aromatic N) is 3. The molecule has 0 unspecified atom stereocenters. The molecule has 4 aromatic rings. The van der Waals surface area contributed by atoms with Gasteiger partial charge in [0.05, 0.1) is 11.4 Å². The number of carbonyl (C=O) groups excluding carboxylic acids is 1. The molecule has 0 saturated carbocycles. The highest BCUT2D eigenvalue weighted by molar-refractivity contribution is 7.12. The van der Waals surface area contributed by atoms with Gasteiger partial charge >= 0.3 is 0 Å². The molecule has 1 N–H and O–H groups in total. The average molecular weight is 360 g/mol. The SMILES string of the molecule is O=C(Nc1cccc(Cn2cncn2)c1)c1sccc1-c1ccccc1. The van der Waals surface area contributed by atoms with E-state index in [9.17, 15) is 4.79 Å². The number of anilines is 1. The highest BCUT2D eigenvalue weighted by Gasteiger charge is 2.14. The molecule has 0 bridgehead atoms. The Hall–Kier alpha value is -3.25. The van der Waals surface area contributed by atoms with E-state index in [2.05, 4.69) is 15.4 Å². The Labute approximate surface area is 155 Å². The summed E-state index contributed by atoms with van der Waals surface area (Å²) in [5.41, 5.74) is 3.80. The van der Waals surface area contributed by atoms with Gasteiger partial charge in [-0.1, -0.05) is 42.5 Å². The van der Waals surface area contributed by atoms with Gasteiger partial charge < -0.3 is 5.32 Å². The zero-order valence-corrected chi connectivity index (χ0v) is 14.7. The van der Waals surface area contributed by atoms with E-state index in [1.807, 2.05) is 66.0 Å². The van der Waals surface area contributed by atoms with Crippen LogP contribution in [0.25, 0.3) is 11.1 Å². The molecule has 2 aromatic heterocycles. The predicted octanol–water partition coefficient (Wildman–Crippen LogP) is 4.31. The molecule has 2 aromatic carbocycles. The lowest BCUT2D eigenvalue weighted by Gasteiger charge is -2.08. The molecule has 0 radical (unpaired) electrons. The Morgan fingerprint density at radius 2 is 1.96 bits per heavy atom. The Balaban J connectivity index is 1.53. The maximum atomic E-state index is 12.8. The summed E-state index contributed by atoms with van der Waals surface area (Å²) in [6.07, 6.45) is 3.18. The van der Waals surface area contributed by atoms with Crippen LogP contribution in [0.15, 0.2) is 78.7 Å². The molecule has 5 nitrogen and oxygen atoms in total. The van der Waals surface area contributed by atoms with Gasteiger partial charge in [-0.15, -0.1) is 11.3 Å². The van der Waals surface area contributed by atoms with Crippen LogP contribution in [-0.4, -0.2) is 20.7 Å². The maximum Gasteiger partial charge on any atom is 0.266 e. The van der Waals surface area contributed by atoms with Crippen LogP contribution in [0.2, 0.25) is 0 Å². The number of nitrogens with one attached hydrogen (secondary N) is 1. The Bertz CT molecular complexity index is 1010. The molecule has 0 fully saturated rings. The first-order valence-electron chi connectivity index (χ1n) is 8.15. The first kappa shape index (κ1) is 16.2. The van der Waals surface area contributed by atoms with Gasteiger partial charge in [-0.05, 0) is 34.7 Å². The number of aromatic nitrogens is 3. The van der Waals surface area contributed by atoms with E-state index in [-0.39, 0.29) is 5.91 Å². The molecule has 4 rings (SSSR count). The van der Waals surface area contributed by atoms with Crippen LogP contribution in [0.3, 0.4) is 0 Å². The molecule has 26 heavy (non-hydrogen) atoms. The normalized spacial score (nSPS) is 10.6. The number of carbonyl (C=O) groups is 1. The fourth-order valence-electron chi connectivity index (χ4n) is 2.77. The van der Waals surface area contributed by atoms with Crippen LogP contribution in [0.4, 0.5) is 5.69 Å². The minimum Gasteiger partial charge on any atom is -0.321 e. The molecule has 0 atom stereocenters. The van der Waals surface area contributed by atoms with Crippen LogP contribution < -0.4 is 5.32 Å². The van der Waals surface area contributed by atoms with Crippen molar-refractivity contribution in [1.82, 2.24) is 14.8 Å². The molecular formula is C20H16N4OS. The summed E-state index contributed by atoms with van der Waals surface area (Å²) in [5.74, 6) is -0.100. The quantitative estimate of drug-likeness (QED) is 0.577. The van der Waals surface area contributed by atoms with Gasteiger partial charge in [0.15, 0.2) is 0 Å². The van der Waals surface area contributed by atoms with Gasteiger partial charge in [0.2, 0.25) is 0 Å². The molecule has 0 saturated heterocycles. The molecule has 0 aliphatic carbocycles. The highest BCUT2D eigenvalue weighted by atomic mass is 32.1. The average Bonchev–Trinajstić information content (AvgIpc) is 3.34. The molecular weight excluding hydrogens is 344 g/mol. The van der Waals surface area contributed by atoms with Crippen molar-refractivity contribution in [1.29, 1.82) is 0 Å². The fraction of sp³-hybridized carbons (Fsp3) is 0.0500. The summed E-state index contributed by atoms with van der Waals surface area (Å²) in [6, 6.07) is 19.7. The van der Waals surface area contributed by atoms with Crippen molar-refractivity contribution in [2.45, 2.75) is 6.54 Å². The van der Waals surface area contributed by atoms with Gasteiger partial charge in [-0.25, -0.2) is 9.67 Å². The van der Waals surface area contributed by atoms with Crippen molar-refractivity contribution in [3.05, 3.63) is 89.1 Å². The number of hydrogen-bond donors (Lipinski definition) is 1. The van der Waals surface area contributed by atoms with Gasteiger partial charge in [0.1, 0.15) is 12.7 Å². The third-order valence-corrected chi connectivity index (χ3v) is 4.87. The second-order valence-corrected chi connectivity index (χ2v) is 6.69. The minimum absolute atomic E-state index is 0.100. The Morgan fingerprint density at radius 3 is 2.77 bits per heavy atom. The van der Waals surface area contributed by atoms with Crippen LogP contribution in [0, 0.1) is 0 Å². The molecule has 6 heteroatoms. The van der Waals surface area contributed by atoms with E-state index >= 15 is 0 Å². The smallest absolute Gasteiger partial charge is 0.266 e. The van der Waals surface area contributed by atoms with Crippen molar-refractivity contribution >= 4 is 22.9 Å². The van der Waals surface area contributed by atoms with Crippen LogP contribution >= 0.6 is 11.3 Å². The van der Waals surface area contributed by atoms with Crippen LogP contribution in [0.5, 0.6) is 0 Å². The lowest BCUT2D eigenvalue weighted by atomic mass is 10.1. The lowest BCUT2D eigenvalue weighted by Crippen LogP contribution is -2.11. The first-order valence-corrected chi connectivity index (χ1v) is 9.03. The topological polar surface area (TPSA) is 59.8 Å². The van der Waals surface area contributed by atoms with Gasteiger partial charge in [0, 0.05) is 11.3 Å². The van der Waals surface area contributed by atoms with E-state index in [1.165, 1.54) is 17.7 Å². The highest BCUT2D eigenvalue weighted by Crippen LogP contribution is 2.29. The lowest BCUT2D eigenvalue weighted by molar-refractivity contribution is 0.103. The van der Waals surface area contributed by atoms with Gasteiger partial charge in [-0.3, -0.25) is 4.79 Å². The third-order valence-electron chi connectivity index (χ3n) is 3.95. The van der Waals surface area contributed by atoms with E-state index < -0.39 is 0 Å². The fourth-order valence-corrected chi connectivity index (χ4v) is 3.58. The summed E-state index contributed by atoms with van der Waals surface area (Å²) in [4.78, 5) is 17.4. The van der Waals surface area contributed by atoms with Crippen LogP contribution in [-0.2, 0) is 6.54 Å². The zero-order chi connectivity index (χ0) is 17.8. The molecule has 0 aliphatic rings. The second-order valence-electron chi connectivity index (χ2n) is 5.78. The van der Waals surface area contributed by atoms with Gasteiger partial charge in [0.25, 0.3) is 5.91 Å². The van der Waals surface area contributed by atoms with Crippen molar-refractivity contribution < 1.29 is 4.79 Å². The Kier molecular flexibility index (Phi) is 4.57. The minimum atomic E-state index is -0.100. The van der Waals surface area contributed by atoms with Crippen molar-refractivity contribution in [3.63, 3.8) is 0 Å². The van der Waals surface area contributed by atoms with E-state index in [0.717, 1.165) is 22.4 Å². The predicted molar refractivity (Wildman–Crippen MR) is 103 cm³/mol. The van der Waals surface area contributed by atoms with E-state index in [4.69, 9.17) is 0 Å². The number of amides is 1. The number of benzene rings is 2. The van der Waals surface area contributed by atoms with E-state index in [1.54, 1.807) is 11.0 Å². The Morgan fingerprint density at radius 1 is 1.08 bits per heavy atom. The molecule has 128 valence electrons. The second kappa shape index (κ2) is 7.33. The van der Waals surface area contributed by atoms with Gasteiger partial charge in [-0.2, -0.15) is 5.10 Å². The van der Waals surface area contributed by atoms with Crippen molar-refractivity contribution in [3.8, 4) is 11.1 Å². The maximum absolute atomic E-state index is 12.8. The molecule has 2 heterocycles. The summed E-state index contributed by atoms with van der Waals surface area (Å²) < 4.78 is 1.74. The monoisotopic (exact) mass is 360 g/mol. The number of thiophene rings is 1. The molecule has 0 spiro atoms. The number of hydrogen-bond acceptors (Lipinski definition) is 4. The standard InChI is InChI=1S/C20H16N4OS/c25-20(19-18(9-10-26-19)16-6-2-1-3-7-16)23-17-8-4-5-15(11-17)12-24-14-21-13-22-24/h1-11,13-14H,12H2,(H,23,25). The zero-order valence-electron chi connectivity index (χ0n) is 13.9. The van der Waals surface area contributed by atoms with Crippen molar-refractivity contribution in [2.75, 3.05) is 5.32 Å². The number of rotatable bonds is 5. The molecule has 1 amide bonds. The summed E-state index contributed by atoms with van der Waals surface area (Å²) in [7, 11) is 0. The van der Waals surface area contributed by atoms with E-state index in [0.29, 0.717) is 11.4 Å². The molecule has 0 aliphatic heterocycles. The van der Waals surface area contributed by atoms with Crippen molar-refractivity contribution in [2.24, 2.45) is 0 Å². The summed E-state index contributed by atoms with van der Waals surface area (Å²) in [6.45, 7) is 0.609. The first-order chi connectivity index (χ1) is 12.8. The summed E-state index contributed by atoms with van der Waals surface area (Å²) >= 11 is 1.45. The summed E-state index contributed by atoms with van der Waals surface area (Å²) in [5, 5.41) is 9.05. The van der Waals surface area contributed by atoms with Crippen LogP contribution in [0.1, 0.15) is 15.2 Å².